The summed E-state index contributed by atoms with van der Waals surface area (Å²) in [5, 5.41) is 8.75. The molecule has 25 heavy (non-hydrogen) atoms. The van der Waals surface area contributed by atoms with E-state index in [4.69, 9.17) is 0 Å². The first-order chi connectivity index (χ1) is 12.1. The summed E-state index contributed by atoms with van der Waals surface area (Å²) in [4.78, 5) is 12.9. The fraction of sp³-hybridized carbons (Fsp3) is 0.350. The molecule has 0 bridgehead atoms. The van der Waals surface area contributed by atoms with Crippen molar-refractivity contribution in [1.82, 2.24) is 19.6 Å². The van der Waals surface area contributed by atoms with Gasteiger partial charge in [0.15, 0.2) is 0 Å². The van der Waals surface area contributed by atoms with Crippen molar-refractivity contribution in [2.75, 3.05) is 0 Å². The lowest BCUT2D eigenvalue weighted by Crippen LogP contribution is -2.24. The number of aryl methyl sites for hydroxylation is 1. The van der Waals surface area contributed by atoms with Crippen LogP contribution in [-0.2, 0) is 12.8 Å². The van der Waals surface area contributed by atoms with Crippen LogP contribution < -0.4 is 0 Å². The maximum atomic E-state index is 12.9. The molecule has 0 spiro atoms. The largest absolute Gasteiger partial charge is 0.369 e. The molecule has 2 aromatic heterocycles. The molecule has 0 fully saturated rings. The Kier molecular flexibility index (Phi) is 5.12. The van der Waals surface area contributed by atoms with Crippen molar-refractivity contribution in [3.8, 4) is 0 Å². The molecule has 130 valence electrons. The predicted octanol–water partition coefficient (Wildman–Crippen LogP) is 4.26. The minimum Gasteiger partial charge on any atom is -0.244 e. The molecule has 0 N–H and O–H groups in total. The van der Waals surface area contributed by atoms with E-state index in [1.54, 1.807) is 23.1 Å². The molecule has 0 saturated carbocycles. The van der Waals surface area contributed by atoms with E-state index in [0.717, 1.165) is 30.7 Å². The van der Waals surface area contributed by atoms with Gasteiger partial charge in [0.2, 0.25) is 0 Å². The zero-order valence-corrected chi connectivity index (χ0v) is 15.0. The van der Waals surface area contributed by atoms with Crippen molar-refractivity contribution >= 4 is 6.03 Å². The van der Waals surface area contributed by atoms with Crippen LogP contribution in [0.25, 0.3) is 0 Å². The maximum Gasteiger partial charge on any atom is 0.369 e. The summed E-state index contributed by atoms with van der Waals surface area (Å²) in [6.45, 7) is 6.35. The van der Waals surface area contributed by atoms with Crippen LogP contribution in [0, 0.1) is 0 Å². The number of hydrogen-bond donors (Lipinski definition) is 0. The monoisotopic (exact) mass is 336 g/mol. The summed E-state index contributed by atoms with van der Waals surface area (Å²) in [6.07, 6.45) is 5.91. The van der Waals surface area contributed by atoms with Crippen LogP contribution in [-0.4, -0.2) is 25.6 Å². The number of carbonyl (C=O) groups excluding carboxylic acids is 1. The molecule has 0 aliphatic rings. The zero-order valence-electron chi connectivity index (χ0n) is 15.0. The van der Waals surface area contributed by atoms with E-state index < -0.39 is 0 Å². The molecule has 0 unspecified atom stereocenters. The summed E-state index contributed by atoms with van der Waals surface area (Å²) >= 11 is 0. The Morgan fingerprint density at radius 3 is 2.52 bits per heavy atom. The Labute approximate surface area is 148 Å². The molecule has 2 heterocycles. The summed E-state index contributed by atoms with van der Waals surface area (Å²) < 4.78 is 2.88. The first-order valence-corrected chi connectivity index (χ1v) is 8.80. The van der Waals surface area contributed by atoms with Gasteiger partial charge < -0.3 is 0 Å². The van der Waals surface area contributed by atoms with E-state index in [1.807, 2.05) is 18.2 Å². The zero-order chi connectivity index (χ0) is 17.8. The maximum absolute atomic E-state index is 12.9. The van der Waals surface area contributed by atoms with Gasteiger partial charge in [-0.1, -0.05) is 57.5 Å². The van der Waals surface area contributed by atoms with Crippen molar-refractivity contribution in [1.29, 1.82) is 0 Å². The summed E-state index contributed by atoms with van der Waals surface area (Å²) in [5.74, 6) is 0.191. The van der Waals surface area contributed by atoms with Crippen molar-refractivity contribution in [3.05, 3.63) is 71.3 Å². The van der Waals surface area contributed by atoms with Crippen LogP contribution in [0.2, 0.25) is 0 Å². The Hall–Kier alpha value is -2.69. The van der Waals surface area contributed by atoms with Gasteiger partial charge >= 0.3 is 6.03 Å². The van der Waals surface area contributed by atoms with Gasteiger partial charge in [0.05, 0.1) is 11.4 Å². The van der Waals surface area contributed by atoms with Crippen LogP contribution in [0.15, 0.2) is 48.8 Å². The highest BCUT2D eigenvalue weighted by molar-refractivity contribution is 5.78. The normalized spacial score (nSPS) is 11.2. The Morgan fingerprint density at radius 2 is 1.92 bits per heavy atom. The van der Waals surface area contributed by atoms with Gasteiger partial charge in [0.25, 0.3) is 0 Å². The SMILES string of the molecule is CCCc1nn(C(=O)n2cccn2)c(C(C)C)c1Cc1ccccc1. The molecule has 3 aromatic rings. The predicted molar refractivity (Wildman–Crippen MR) is 98.0 cm³/mol. The van der Waals surface area contributed by atoms with E-state index in [1.165, 1.54) is 15.8 Å². The Balaban J connectivity index is 2.09. The van der Waals surface area contributed by atoms with E-state index >= 15 is 0 Å². The number of carbonyl (C=O) groups is 1. The van der Waals surface area contributed by atoms with Gasteiger partial charge in [-0.05, 0) is 24.0 Å². The topological polar surface area (TPSA) is 52.7 Å². The molecule has 0 amide bonds. The highest BCUT2D eigenvalue weighted by Gasteiger charge is 2.24. The number of benzene rings is 1. The highest BCUT2D eigenvalue weighted by atomic mass is 16.2. The van der Waals surface area contributed by atoms with E-state index in [9.17, 15) is 4.79 Å². The standard InChI is InChI=1S/C20H24N4O/c1-4-9-18-17(14-16-10-6-5-7-11-16)19(15(2)3)24(22-18)20(25)23-13-8-12-21-23/h5-8,10-13,15H,4,9,14H2,1-3H3. The lowest BCUT2D eigenvalue weighted by Gasteiger charge is -2.12. The second-order valence-corrected chi connectivity index (χ2v) is 6.52. The minimum absolute atomic E-state index is 0.191. The molecular formula is C20H24N4O. The van der Waals surface area contributed by atoms with Gasteiger partial charge in [-0.15, -0.1) is 0 Å². The van der Waals surface area contributed by atoms with E-state index in [-0.39, 0.29) is 11.9 Å². The van der Waals surface area contributed by atoms with Gasteiger partial charge in [-0.3, -0.25) is 0 Å². The van der Waals surface area contributed by atoms with Crippen molar-refractivity contribution < 1.29 is 4.79 Å². The average Bonchev–Trinajstić information content (AvgIpc) is 3.24. The van der Waals surface area contributed by atoms with Crippen molar-refractivity contribution in [2.24, 2.45) is 0 Å². The first-order valence-electron chi connectivity index (χ1n) is 8.80. The minimum atomic E-state index is -0.231. The van der Waals surface area contributed by atoms with Crippen LogP contribution in [0.5, 0.6) is 0 Å². The average molecular weight is 336 g/mol. The quantitative estimate of drug-likeness (QED) is 0.699. The lowest BCUT2D eigenvalue weighted by atomic mass is 9.96. The van der Waals surface area contributed by atoms with Crippen molar-refractivity contribution in [3.63, 3.8) is 0 Å². The Bertz CT molecular complexity index is 832. The molecule has 5 nitrogen and oxygen atoms in total. The number of rotatable bonds is 5. The van der Waals surface area contributed by atoms with E-state index in [2.05, 4.69) is 43.1 Å². The smallest absolute Gasteiger partial charge is 0.244 e. The molecule has 0 aliphatic carbocycles. The molecule has 0 aliphatic heterocycles. The third-order valence-corrected chi connectivity index (χ3v) is 4.25. The number of aromatic nitrogens is 4. The molecule has 0 radical (unpaired) electrons. The summed E-state index contributed by atoms with van der Waals surface area (Å²) in [5.41, 5.74) is 4.39. The second kappa shape index (κ2) is 7.47. The molecule has 0 saturated heterocycles. The molecule has 1 aromatic carbocycles. The fourth-order valence-corrected chi connectivity index (χ4v) is 3.16. The van der Waals surface area contributed by atoms with E-state index in [0.29, 0.717) is 0 Å². The Morgan fingerprint density at radius 1 is 1.16 bits per heavy atom. The van der Waals surface area contributed by atoms with Crippen LogP contribution in [0.4, 0.5) is 4.79 Å². The van der Waals surface area contributed by atoms with Gasteiger partial charge in [0, 0.05) is 24.4 Å². The lowest BCUT2D eigenvalue weighted by molar-refractivity contribution is 0.237. The molecule has 0 atom stereocenters. The van der Waals surface area contributed by atoms with Gasteiger partial charge in [-0.25, -0.2) is 4.79 Å². The van der Waals surface area contributed by atoms with Crippen LogP contribution in [0.3, 0.4) is 0 Å². The van der Waals surface area contributed by atoms with Gasteiger partial charge in [-0.2, -0.15) is 19.6 Å². The summed E-state index contributed by atoms with van der Waals surface area (Å²) in [6, 6.07) is 11.9. The van der Waals surface area contributed by atoms with Crippen molar-refractivity contribution in [2.45, 2.75) is 46.0 Å². The third-order valence-electron chi connectivity index (χ3n) is 4.25. The molecular weight excluding hydrogens is 312 g/mol. The first kappa shape index (κ1) is 17.1. The number of hydrogen-bond acceptors (Lipinski definition) is 3. The molecule has 5 heteroatoms. The van der Waals surface area contributed by atoms with Crippen LogP contribution >= 0.6 is 0 Å². The fourth-order valence-electron chi connectivity index (χ4n) is 3.16. The highest BCUT2D eigenvalue weighted by Crippen LogP contribution is 2.26. The van der Waals surface area contributed by atoms with Crippen LogP contribution in [0.1, 0.15) is 55.6 Å². The van der Waals surface area contributed by atoms with Gasteiger partial charge in [0.1, 0.15) is 0 Å². The summed E-state index contributed by atoms with van der Waals surface area (Å²) in [7, 11) is 0. The molecule has 3 rings (SSSR count). The third kappa shape index (κ3) is 3.55. The number of nitrogens with zero attached hydrogens (tertiary/aromatic N) is 4. The second-order valence-electron chi connectivity index (χ2n) is 6.52.